The molecule has 3 rings (SSSR count). The van der Waals surface area contributed by atoms with Crippen molar-refractivity contribution in [1.29, 1.82) is 0 Å². The third kappa shape index (κ3) is 2.70. The Balaban J connectivity index is 1.82. The number of aromatic nitrogens is 2. The van der Waals surface area contributed by atoms with E-state index in [1.165, 1.54) is 6.08 Å². The molecule has 1 aromatic heterocycles. The number of benzene rings is 2. The van der Waals surface area contributed by atoms with Crippen LogP contribution in [0.1, 0.15) is 16.2 Å². The van der Waals surface area contributed by atoms with Gasteiger partial charge >= 0.3 is 0 Å². The van der Waals surface area contributed by atoms with Crippen molar-refractivity contribution in [2.24, 2.45) is 0 Å². The van der Waals surface area contributed by atoms with Crippen LogP contribution in [0.25, 0.3) is 17.1 Å². The van der Waals surface area contributed by atoms with Gasteiger partial charge in [0, 0.05) is 10.0 Å². The van der Waals surface area contributed by atoms with E-state index in [4.69, 9.17) is 0 Å². The maximum atomic E-state index is 12.0. The minimum atomic E-state index is -0.0436. The molecule has 0 spiro atoms. The van der Waals surface area contributed by atoms with Crippen LogP contribution in [0.3, 0.4) is 0 Å². The van der Waals surface area contributed by atoms with Gasteiger partial charge in [-0.1, -0.05) is 28.1 Å². The van der Waals surface area contributed by atoms with Crippen molar-refractivity contribution in [3.8, 4) is 0 Å². The van der Waals surface area contributed by atoms with Crippen LogP contribution in [0.15, 0.2) is 59.1 Å². The Morgan fingerprint density at radius 3 is 2.60 bits per heavy atom. The number of allylic oxidation sites excluding steroid dienone is 1. The molecule has 1 heterocycles. The van der Waals surface area contributed by atoms with Crippen LogP contribution in [0, 0.1) is 0 Å². The smallest absolute Gasteiger partial charge is 0.185 e. The van der Waals surface area contributed by atoms with Gasteiger partial charge in [0.1, 0.15) is 5.82 Å². The van der Waals surface area contributed by atoms with Crippen LogP contribution in [0.4, 0.5) is 0 Å². The second-order valence-corrected chi connectivity index (χ2v) is 5.26. The van der Waals surface area contributed by atoms with Crippen molar-refractivity contribution in [2.45, 2.75) is 0 Å². The number of halogens is 1. The molecular formula is C16H11BrN2O. The number of ketones is 1. The molecule has 0 saturated carbocycles. The number of hydrogen-bond acceptors (Lipinski definition) is 2. The average Bonchev–Trinajstić information content (AvgIpc) is 2.88. The first-order valence-electron chi connectivity index (χ1n) is 6.15. The first kappa shape index (κ1) is 12.8. The number of carbonyl (C=O) groups is 1. The number of para-hydroxylation sites is 2. The lowest BCUT2D eigenvalue weighted by Crippen LogP contribution is -1.93. The summed E-state index contributed by atoms with van der Waals surface area (Å²) in [7, 11) is 0. The number of hydrogen-bond donors (Lipinski definition) is 1. The maximum Gasteiger partial charge on any atom is 0.185 e. The standard InChI is InChI=1S/C16H11BrN2O/c17-12-7-5-11(6-8-12)15(20)9-10-16-18-13-3-1-2-4-14(13)19-16/h1-10H,(H,18,19)/b10-9-. The number of H-pyrrole nitrogens is 1. The molecule has 0 aliphatic carbocycles. The van der Waals surface area contributed by atoms with E-state index in [2.05, 4.69) is 25.9 Å². The number of carbonyl (C=O) groups excluding carboxylic acids is 1. The third-order valence-electron chi connectivity index (χ3n) is 2.93. The van der Waals surface area contributed by atoms with E-state index in [1.54, 1.807) is 18.2 Å². The zero-order valence-electron chi connectivity index (χ0n) is 10.5. The minimum Gasteiger partial charge on any atom is -0.338 e. The van der Waals surface area contributed by atoms with Crippen molar-refractivity contribution in [1.82, 2.24) is 9.97 Å². The molecule has 0 unspecified atom stereocenters. The predicted octanol–water partition coefficient (Wildman–Crippen LogP) is 4.22. The summed E-state index contributed by atoms with van der Waals surface area (Å²) < 4.78 is 0.954. The quantitative estimate of drug-likeness (QED) is 0.578. The van der Waals surface area contributed by atoms with E-state index < -0.39 is 0 Å². The van der Waals surface area contributed by atoms with Crippen LogP contribution in [-0.4, -0.2) is 15.8 Å². The van der Waals surface area contributed by atoms with Gasteiger partial charge in [0.2, 0.25) is 0 Å². The van der Waals surface area contributed by atoms with E-state index >= 15 is 0 Å². The topological polar surface area (TPSA) is 45.8 Å². The summed E-state index contributed by atoms with van der Waals surface area (Å²) in [6.07, 6.45) is 3.23. The highest BCUT2D eigenvalue weighted by Gasteiger charge is 2.02. The first-order chi connectivity index (χ1) is 9.72. The highest BCUT2D eigenvalue weighted by molar-refractivity contribution is 9.10. The Labute approximate surface area is 124 Å². The largest absolute Gasteiger partial charge is 0.338 e. The molecule has 3 nitrogen and oxygen atoms in total. The van der Waals surface area contributed by atoms with Gasteiger partial charge in [-0.25, -0.2) is 4.98 Å². The van der Waals surface area contributed by atoms with Crippen LogP contribution < -0.4 is 0 Å². The summed E-state index contributed by atoms with van der Waals surface area (Å²) in [5, 5.41) is 0. The van der Waals surface area contributed by atoms with Crippen LogP contribution in [0.2, 0.25) is 0 Å². The highest BCUT2D eigenvalue weighted by Crippen LogP contribution is 2.13. The first-order valence-corrected chi connectivity index (χ1v) is 6.94. The second kappa shape index (κ2) is 5.43. The van der Waals surface area contributed by atoms with E-state index in [0.29, 0.717) is 11.4 Å². The number of aromatic amines is 1. The van der Waals surface area contributed by atoms with E-state index in [0.717, 1.165) is 15.5 Å². The molecule has 0 aliphatic rings. The molecule has 20 heavy (non-hydrogen) atoms. The average molecular weight is 327 g/mol. The minimum absolute atomic E-state index is 0.0436. The van der Waals surface area contributed by atoms with E-state index in [1.807, 2.05) is 36.4 Å². The molecule has 0 saturated heterocycles. The number of rotatable bonds is 3. The van der Waals surface area contributed by atoms with Crippen molar-refractivity contribution < 1.29 is 4.79 Å². The molecule has 0 radical (unpaired) electrons. The number of fused-ring (bicyclic) bond motifs is 1. The summed E-state index contributed by atoms with van der Waals surface area (Å²) in [6, 6.07) is 15.0. The molecule has 4 heteroatoms. The zero-order valence-corrected chi connectivity index (χ0v) is 12.1. The Morgan fingerprint density at radius 1 is 1.10 bits per heavy atom. The lowest BCUT2D eigenvalue weighted by molar-refractivity contribution is 0.104. The van der Waals surface area contributed by atoms with Crippen molar-refractivity contribution in [2.75, 3.05) is 0 Å². The molecule has 0 amide bonds. The summed E-state index contributed by atoms with van der Waals surface area (Å²) in [4.78, 5) is 19.5. The van der Waals surface area contributed by atoms with Gasteiger partial charge < -0.3 is 4.98 Å². The summed E-state index contributed by atoms with van der Waals surface area (Å²) >= 11 is 3.35. The monoisotopic (exact) mass is 326 g/mol. The molecule has 0 fully saturated rings. The molecule has 98 valence electrons. The SMILES string of the molecule is O=C(/C=C\c1nc2ccccc2[nH]1)c1ccc(Br)cc1. The number of nitrogens with zero attached hydrogens (tertiary/aromatic N) is 1. The molecule has 1 N–H and O–H groups in total. The molecule has 0 aliphatic heterocycles. The fraction of sp³-hybridized carbons (Fsp3) is 0. The van der Waals surface area contributed by atoms with Crippen molar-refractivity contribution in [3.63, 3.8) is 0 Å². The van der Waals surface area contributed by atoms with Gasteiger partial charge in [-0.05, 0) is 48.6 Å². The van der Waals surface area contributed by atoms with Crippen molar-refractivity contribution in [3.05, 3.63) is 70.5 Å². The zero-order chi connectivity index (χ0) is 13.9. The Kier molecular flexibility index (Phi) is 3.48. The Bertz CT molecular complexity index is 755. The van der Waals surface area contributed by atoms with Crippen LogP contribution in [-0.2, 0) is 0 Å². The maximum absolute atomic E-state index is 12.0. The van der Waals surface area contributed by atoms with E-state index in [9.17, 15) is 4.79 Å². The summed E-state index contributed by atoms with van der Waals surface area (Å²) in [5.41, 5.74) is 2.51. The summed E-state index contributed by atoms with van der Waals surface area (Å²) in [5.74, 6) is 0.634. The second-order valence-electron chi connectivity index (χ2n) is 4.34. The third-order valence-corrected chi connectivity index (χ3v) is 3.46. The summed E-state index contributed by atoms with van der Waals surface area (Å²) in [6.45, 7) is 0. The van der Waals surface area contributed by atoms with E-state index in [-0.39, 0.29) is 5.78 Å². The predicted molar refractivity (Wildman–Crippen MR) is 83.6 cm³/mol. The van der Waals surface area contributed by atoms with Crippen molar-refractivity contribution >= 4 is 38.8 Å². The van der Waals surface area contributed by atoms with Gasteiger partial charge in [0.05, 0.1) is 11.0 Å². The highest BCUT2D eigenvalue weighted by atomic mass is 79.9. The normalized spacial score (nSPS) is 11.2. The molecule has 2 aromatic carbocycles. The lowest BCUT2D eigenvalue weighted by atomic mass is 10.1. The van der Waals surface area contributed by atoms with Gasteiger partial charge in [-0.3, -0.25) is 4.79 Å². The van der Waals surface area contributed by atoms with Gasteiger partial charge in [0.15, 0.2) is 5.78 Å². The van der Waals surface area contributed by atoms with Gasteiger partial charge in [-0.2, -0.15) is 0 Å². The fourth-order valence-electron chi connectivity index (χ4n) is 1.92. The van der Waals surface area contributed by atoms with Gasteiger partial charge in [-0.15, -0.1) is 0 Å². The Hall–Kier alpha value is -2.20. The molecule has 0 atom stereocenters. The van der Waals surface area contributed by atoms with Crippen LogP contribution in [0.5, 0.6) is 0 Å². The lowest BCUT2D eigenvalue weighted by Gasteiger charge is -1.95. The molecule has 3 aromatic rings. The number of nitrogens with one attached hydrogen (secondary N) is 1. The molecular weight excluding hydrogens is 316 g/mol. The van der Waals surface area contributed by atoms with Crippen LogP contribution >= 0.6 is 15.9 Å². The number of imidazole rings is 1. The Morgan fingerprint density at radius 2 is 1.85 bits per heavy atom. The molecule has 0 bridgehead atoms. The van der Waals surface area contributed by atoms with Gasteiger partial charge in [0.25, 0.3) is 0 Å². The fourth-order valence-corrected chi connectivity index (χ4v) is 2.18.